The highest BCUT2D eigenvalue weighted by Crippen LogP contribution is 2.37. The van der Waals surface area contributed by atoms with Crippen LogP contribution in [0, 0.1) is 6.92 Å². The third-order valence-electron chi connectivity index (χ3n) is 7.41. The maximum Gasteiger partial charge on any atom is 0.248 e. The molecule has 1 aliphatic heterocycles. The van der Waals surface area contributed by atoms with Crippen molar-refractivity contribution in [2.24, 2.45) is 0 Å². The summed E-state index contributed by atoms with van der Waals surface area (Å²) < 4.78 is 14.0. The molecule has 0 atom stereocenters. The number of carbonyl (C=O) groups is 1. The van der Waals surface area contributed by atoms with Crippen LogP contribution in [0.4, 0.5) is 17.2 Å². The second-order valence-corrected chi connectivity index (χ2v) is 10.8. The van der Waals surface area contributed by atoms with E-state index in [2.05, 4.69) is 43.3 Å². The van der Waals surface area contributed by atoms with E-state index in [0.717, 1.165) is 40.1 Å². The van der Waals surface area contributed by atoms with Gasteiger partial charge in [-0.05, 0) is 63.8 Å². The summed E-state index contributed by atoms with van der Waals surface area (Å²) >= 11 is 0. The fourth-order valence-electron chi connectivity index (χ4n) is 5.05. The first-order valence-electron chi connectivity index (χ1n) is 14.5. The minimum atomic E-state index is -0.0657. The lowest BCUT2D eigenvalue weighted by molar-refractivity contribution is -0.128. The maximum absolute atomic E-state index is 12.8. The van der Waals surface area contributed by atoms with Gasteiger partial charge >= 0.3 is 0 Å². The van der Waals surface area contributed by atoms with Crippen molar-refractivity contribution in [3.8, 4) is 17.2 Å². The van der Waals surface area contributed by atoms with Gasteiger partial charge < -0.3 is 29.5 Å². The molecule has 0 radical (unpaired) electrons. The Morgan fingerprint density at radius 1 is 1.09 bits per heavy atom. The highest BCUT2D eigenvalue weighted by Gasteiger charge is 2.22. The SMILES string of the molecule is CCN1CCN(C(=O)/C=C/CN(C)C)COc2cc3ncnc(Nc4ccc(Oc5ccn6ncnc6c5)c(C)c4)c3cc21. The third-order valence-corrected chi connectivity index (χ3v) is 7.41. The van der Waals surface area contributed by atoms with Gasteiger partial charge in [0.25, 0.3) is 0 Å². The van der Waals surface area contributed by atoms with Crippen LogP contribution < -0.4 is 19.7 Å². The normalized spacial score (nSPS) is 13.7. The van der Waals surface area contributed by atoms with Crippen molar-refractivity contribution >= 4 is 39.6 Å². The molecule has 0 unspecified atom stereocenters. The predicted molar refractivity (Wildman–Crippen MR) is 170 cm³/mol. The van der Waals surface area contributed by atoms with Crippen LogP contribution in [0.15, 0.2) is 73.5 Å². The summed E-state index contributed by atoms with van der Waals surface area (Å²) in [5, 5.41) is 8.46. The number of hydrogen-bond donors (Lipinski definition) is 1. The second kappa shape index (κ2) is 12.6. The molecule has 0 saturated carbocycles. The third kappa shape index (κ3) is 6.25. The minimum Gasteiger partial charge on any atom is -0.471 e. The van der Waals surface area contributed by atoms with E-state index in [0.29, 0.717) is 42.6 Å². The van der Waals surface area contributed by atoms with Crippen molar-refractivity contribution in [1.82, 2.24) is 34.4 Å². The number of hydrogen-bond acceptors (Lipinski definition) is 10. The quantitative estimate of drug-likeness (QED) is 0.255. The summed E-state index contributed by atoms with van der Waals surface area (Å²) in [7, 11) is 3.93. The molecule has 44 heavy (non-hydrogen) atoms. The Labute approximate surface area is 255 Å². The van der Waals surface area contributed by atoms with Crippen molar-refractivity contribution in [2.45, 2.75) is 13.8 Å². The molecule has 226 valence electrons. The summed E-state index contributed by atoms with van der Waals surface area (Å²) in [6.07, 6.45) is 8.35. The zero-order valence-corrected chi connectivity index (χ0v) is 25.3. The van der Waals surface area contributed by atoms with Gasteiger partial charge in [-0.25, -0.2) is 19.5 Å². The molecular weight excluding hydrogens is 558 g/mol. The van der Waals surface area contributed by atoms with Crippen LogP contribution in [0.3, 0.4) is 0 Å². The number of pyridine rings is 1. The van der Waals surface area contributed by atoms with Crippen LogP contribution in [0.5, 0.6) is 17.2 Å². The first-order valence-corrected chi connectivity index (χ1v) is 14.5. The van der Waals surface area contributed by atoms with E-state index in [9.17, 15) is 4.79 Å². The Hall–Kier alpha value is -5.23. The summed E-state index contributed by atoms with van der Waals surface area (Å²) in [5.74, 6) is 2.72. The van der Waals surface area contributed by atoms with Gasteiger partial charge in [-0.3, -0.25) is 4.79 Å². The number of rotatable bonds is 8. The van der Waals surface area contributed by atoms with Crippen molar-refractivity contribution in [3.63, 3.8) is 0 Å². The zero-order valence-electron chi connectivity index (χ0n) is 25.3. The first-order chi connectivity index (χ1) is 21.4. The molecule has 12 nitrogen and oxygen atoms in total. The van der Waals surface area contributed by atoms with Crippen LogP contribution in [-0.4, -0.2) is 87.3 Å². The second-order valence-electron chi connectivity index (χ2n) is 10.8. The highest BCUT2D eigenvalue weighted by atomic mass is 16.5. The first kappa shape index (κ1) is 28.9. The van der Waals surface area contributed by atoms with E-state index in [1.807, 2.05) is 74.6 Å². The number of ether oxygens (including phenoxy) is 2. The Balaban J connectivity index is 1.22. The number of amides is 1. The van der Waals surface area contributed by atoms with E-state index < -0.39 is 0 Å². The molecule has 0 fully saturated rings. The lowest BCUT2D eigenvalue weighted by atomic mass is 10.1. The van der Waals surface area contributed by atoms with Crippen LogP contribution >= 0.6 is 0 Å². The largest absolute Gasteiger partial charge is 0.471 e. The molecule has 0 aliphatic carbocycles. The molecule has 0 spiro atoms. The van der Waals surface area contributed by atoms with E-state index in [-0.39, 0.29) is 12.6 Å². The fourth-order valence-corrected chi connectivity index (χ4v) is 5.05. The van der Waals surface area contributed by atoms with Gasteiger partial charge in [0.05, 0.1) is 11.2 Å². The summed E-state index contributed by atoms with van der Waals surface area (Å²) in [5.41, 5.74) is 4.23. The minimum absolute atomic E-state index is 0.0657. The van der Waals surface area contributed by atoms with Gasteiger partial charge in [-0.1, -0.05) is 6.08 Å². The average molecular weight is 594 g/mol. The molecule has 4 heterocycles. The lowest BCUT2D eigenvalue weighted by Crippen LogP contribution is -2.42. The number of nitrogens with zero attached hydrogens (tertiary/aromatic N) is 8. The molecule has 12 heteroatoms. The monoisotopic (exact) mass is 593 g/mol. The number of fused-ring (bicyclic) bond motifs is 3. The molecule has 1 amide bonds. The van der Waals surface area contributed by atoms with Crippen molar-refractivity contribution in [2.75, 3.05) is 57.2 Å². The molecule has 6 rings (SSSR count). The van der Waals surface area contributed by atoms with Crippen LogP contribution in [-0.2, 0) is 4.79 Å². The summed E-state index contributed by atoms with van der Waals surface area (Å²) in [4.78, 5) is 32.1. The predicted octanol–water partition coefficient (Wildman–Crippen LogP) is 4.64. The standard InChI is InChI=1S/C32H35N9O3/c1-5-39-13-14-40(31(42)7-6-11-38(3)4)21-43-29-18-26-25(17-27(29)39)32(35-19-33-26)37-23-8-9-28(22(2)15-23)44-24-10-12-41-30(16-24)34-20-36-41/h6-10,12,15-20H,5,11,13-14,21H2,1-4H3,(H,33,35,37)/b7-6+. The van der Waals surface area contributed by atoms with Crippen molar-refractivity contribution in [3.05, 3.63) is 79.0 Å². The number of anilines is 3. The topological polar surface area (TPSA) is 113 Å². The molecule has 0 bridgehead atoms. The van der Waals surface area contributed by atoms with Crippen LogP contribution in [0.2, 0.25) is 0 Å². The average Bonchev–Trinajstić information content (AvgIpc) is 3.47. The van der Waals surface area contributed by atoms with Gasteiger partial charge in [-0.15, -0.1) is 0 Å². The fraction of sp³-hybridized carbons (Fsp3) is 0.281. The number of aryl methyl sites for hydroxylation is 1. The molecule has 5 aromatic rings. The summed E-state index contributed by atoms with van der Waals surface area (Å²) in [6.45, 7) is 6.93. The molecule has 1 aliphatic rings. The molecule has 3 aromatic heterocycles. The van der Waals surface area contributed by atoms with E-state index in [1.165, 1.54) is 12.7 Å². The number of likely N-dealkylation sites (N-methyl/N-ethyl adjacent to an activating group) is 2. The number of benzene rings is 2. The van der Waals surface area contributed by atoms with Crippen molar-refractivity contribution in [1.29, 1.82) is 0 Å². The maximum atomic E-state index is 12.8. The smallest absolute Gasteiger partial charge is 0.248 e. The molecular formula is C32H35N9O3. The Morgan fingerprint density at radius 2 is 1.98 bits per heavy atom. The van der Waals surface area contributed by atoms with Crippen LogP contribution in [0.1, 0.15) is 12.5 Å². The molecule has 0 saturated heterocycles. The van der Waals surface area contributed by atoms with Gasteiger partial charge in [0, 0.05) is 61.7 Å². The Morgan fingerprint density at radius 3 is 2.80 bits per heavy atom. The van der Waals surface area contributed by atoms with E-state index in [1.54, 1.807) is 15.5 Å². The van der Waals surface area contributed by atoms with Gasteiger partial charge in [0.15, 0.2) is 12.4 Å². The van der Waals surface area contributed by atoms with Gasteiger partial charge in [0.1, 0.15) is 35.7 Å². The number of aromatic nitrogens is 5. The van der Waals surface area contributed by atoms with E-state index in [4.69, 9.17) is 9.47 Å². The van der Waals surface area contributed by atoms with E-state index >= 15 is 0 Å². The van der Waals surface area contributed by atoms with Gasteiger partial charge in [-0.2, -0.15) is 5.10 Å². The lowest BCUT2D eigenvalue weighted by Gasteiger charge is -2.33. The molecule has 2 aromatic carbocycles. The zero-order chi connectivity index (χ0) is 30.6. The number of nitrogens with one attached hydrogen (secondary N) is 1. The Kier molecular flexibility index (Phi) is 8.24. The highest BCUT2D eigenvalue weighted by molar-refractivity contribution is 5.95. The molecule has 1 N–H and O–H groups in total. The van der Waals surface area contributed by atoms with Crippen molar-refractivity contribution < 1.29 is 14.3 Å². The van der Waals surface area contributed by atoms with Crippen LogP contribution in [0.25, 0.3) is 16.6 Å². The van der Waals surface area contributed by atoms with Gasteiger partial charge in [0.2, 0.25) is 5.91 Å². The number of carbonyl (C=O) groups excluding carboxylic acids is 1. The summed E-state index contributed by atoms with van der Waals surface area (Å²) in [6, 6.07) is 13.6. The Bertz CT molecular complexity index is 1840.